The maximum Gasteiger partial charge on any atom is 0.262 e. The van der Waals surface area contributed by atoms with E-state index in [9.17, 15) is 10.1 Å². The number of benzene rings is 2. The molecule has 1 N–H and O–H groups in total. The lowest BCUT2D eigenvalue weighted by molar-refractivity contribution is -0.118. The van der Waals surface area contributed by atoms with Crippen LogP contribution in [0.25, 0.3) is 17.0 Å². The smallest absolute Gasteiger partial charge is 0.262 e. The van der Waals surface area contributed by atoms with Crippen LogP contribution in [-0.2, 0) is 11.3 Å². The minimum Gasteiger partial charge on any atom is -0.348 e. The lowest BCUT2D eigenvalue weighted by atomic mass is 9.86. The van der Waals surface area contributed by atoms with Crippen molar-refractivity contribution in [1.29, 1.82) is 5.26 Å². The first-order chi connectivity index (χ1) is 14.7. The van der Waals surface area contributed by atoms with Gasteiger partial charge in [-0.1, -0.05) is 68.3 Å². The number of nitrogens with one attached hydrogen (secondary N) is 1. The second-order valence-electron chi connectivity index (χ2n) is 8.23. The van der Waals surface area contributed by atoms with Crippen LogP contribution < -0.4 is 5.32 Å². The number of rotatable bonds is 5. The van der Waals surface area contributed by atoms with Crippen molar-refractivity contribution in [2.24, 2.45) is 5.92 Å². The second kappa shape index (κ2) is 9.00. The summed E-state index contributed by atoms with van der Waals surface area (Å²) in [6.45, 7) is 2.92. The van der Waals surface area contributed by atoms with E-state index in [2.05, 4.69) is 41.1 Å². The monoisotopic (exact) mass is 397 g/mol. The maximum atomic E-state index is 12.8. The van der Waals surface area contributed by atoms with Crippen molar-refractivity contribution in [3.8, 4) is 6.07 Å². The van der Waals surface area contributed by atoms with E-state index < -0.39 is 0 Å². The quantitative estimate of drug-likeness (QED) is 0.470. The highest BCUT2D eigenvalue weighted by molar-refractivity contribution is 6.04. The van der Waals surface area contributed by atoms with Crippen LogP contribution in [0, 0.1) is 17.2 Å². The molecule has 152 valence electrons. The molecule has 1 aromatic heterocycles. The molecule has 1 fully saturated rings. The van der Waals surface area contributed by atoms with Crippen LogP contribution in [0.1, 0.15) is 43.7 Å². The fourth-order valence-corrected chi connectivity index (χ4v) is 4.38. The Bertz CT molecular complexity index is 1100. The number of fused-ring (bicyclic) bond motifs is 1. The van der Waals surface area contributed by atoms with Crippen LogP contribution in [0.4, 0.5) is 0 Å². The Morgan fingerprint density at radius 3 is 2.63 bits per heavy atom. The van der Waals surface area contributed by atoms with Gasteiger partial charge in [-0.25, -0.2) is 0 Å². The van der Waals surface area contributed by atoms with E-state index in [1.807, 2.05) is 42.6 Å². The SMILES string of the molecule is CC1CCCCC1NC(=O)C(C#N)=Cc1cn(Cc2ccccc2)c2ccccc12. The van der Waals surface area contributed by atoms with E-state index in [1.165, 1.54) is 12.0 Å². The molecule has 0 aliphatic heterocycles. The summed E-state index contributed by atoms with van der Waals surface area (Å²) in [5, 5.41) is 13.8. The molecular formula is C26H27N3O. The molecule has 3 aromatic rings. The first-order valence-corrected chi connectivity index (χ1v) is 10.7. The Kier molecular flexibility index (Phi) is 5.99. The molecule has 0 saturated heterocycles. The molecule has 0 spiro atoms. The van der Waals surface area contributed by atoms with E-state index in [4.69, 9.17) is 0 Å². The number of amides is 1. The molecule has 1 amide bonds. The molecule has 1 heterocycles. The van der Waals surface area contributed by atoms with Gasteiger partial charge in [-0.05, 0) is 36.5 Å². The zero-order chi connectivity index (χ0) is 20.9. The van der Waals surface area contributed by atoms with Crippen LogP contribution in [0.5, 0.6) is 0 Å². The van der Waals surface area contributed by atoms with Gasteiger partial charge in [-0.3, -0.25) is 4.79 Å². The van der Waals surface area contributed by atoms with Crippen molar-refractivity contribution in [2.75, 3.05) is 0 Å². The lowest BCUT2D eigenvalue weighted by Gasteiger charge is -2.29. The Morgan fingerprint density at radius 2 is 1.87 bits per heavy atom. The number of hydrogen-bond donors (Lipinski definition) is 1. The maximum absolute atomic E-state index is 12.8. The van der Waals surface area contributed by atoms with Gasteiger partial charge in [0.1, 0.15) is 11.6 Å². The average Bonchev–Trinajstić information content (AvgIpc) is 3.11. The third-order valence-electron chi connectivity index (χ3n) is 6.11. The molecule has 0 bridgehead atoms. The van der Waals surface area contributed by atoms with E-state index >= 15 is 0 Å². The topological polar surface area (TPSA) is 57.8 Å². The third kappa shape index (κ3) is 4.31. The van der Waals surface area contributed by atoms with Crippen LogP contribution in [-0.4, -0.2) is 16.5 Å². The van der Waals surface area contributed by atoms with Crippen molar-refractivity contribution in [1.82, 2.24) is 9.88 Å². The third-order valence-corrected chi connectivity index (χ3v) is 6.11. The predicted octanol–water partition coefficient (Wildman–Crippen LogP) is 5.29. The van der Waals surface area contributed by atoms with Crippen molar-refractivity contribution < 1.29 is 4.79 Å². The predicted molar refractivity (Wildman–Crippen MR) is 121 cm³/mol. The molecule has 2 unspecified atom stereocenters. The molecule has 4 heteroatoms. The molecule has 4 rings (SSSR count). The molecule has 2 atom stereocenters. The van der Waals surface area contributed by atoms with Crippen molar-refractivity contribution in [3.05, 3.63) is 77.5 Å². The van der Waals surface area contributed by atoms with Gasteiger partial charge in [0.15, 0.2) is 0 Å². The fourth-order valence-electron chi connectivity index (χ4n) is 4.38. The number of nitrogens with zero attached hydrogens (tertiary/aromatic N) is 2. The number of carbonyl (C=O) groups is 1. The number of carbonyl (C=O) groups excluding carboxylic acids is 1. The Morgan fingerprint density at radius 1 is 1.13 bits per heavy atom. The van der Waals surface area contributed by atoms with Crippen LogP contribution >= 0.6 is 0 Å². The summed E-state index contributed by atoms with van der Waals surface area (Å²) >= 11 is 0. The van der Waals surface area contributed by atoms with Gasteiger partial charge in [0, 0.05) is 35.2 Å². The number of aromatic nitrogens is 1. The van der Waals surface area contributed by atoms with Crippen molar-refractivity contribution >= 4 is 22.9 Å². The summed E-state index contributed by atoms with van der Waals surface area (Å²) in [4.78, 5) is 12.8. The Balaban J connectivity index is 1.63. The summed E-state index contributed by atoms with van der Waals surface area (Å²) in [5.41, 5.74) is 3.35. The number of para-hydroxylation sites is 1. The number of hydrogen-bond acceptors (Lipinski definition) is 2. The summed E-state index contributed by atoms with van der Waals surface area (Å²) in [6, 6.07) is 20.7. The molecule has 1 aliphatic carbocycles. The van der Waals surface area contributed by atoms with Crippen LogP contribution in [0.3, 0.4) is 0 Å². The summed E-state index contributed by atoms with van der Waals surface area (Å²) in [7, 11) is 0. The largest absolute Gasteiger partial charge is 0.348 e. The molecule has 4 nitrogen and oxygen atoms in total. The average molecular weight is 398 g/mol. The van der Waals surface area contributed by atoms with Gasteiger partial charge in [0.25, 0.3) is 5.91 Å². The summed E-state index contributed by atoms with van der Waals surface area (Å²) in [6.07, 6.45) is 8.23. The zero-order valence-electron chi connectivity index (χ0n) is 17.3. The molecule has 1 saturated carbocycles. The van der Waals surface area contributed by atoms with Gasteiger partial charge >= 0.3 is 0 Å². The zero-order valence-corrected chi connectivity index (χ0v) is 17.3. The molecule has 30 heavy (non-hydrogen) atoms. The normalized spacial score (nSPS) is 19.4. The summed E-state index contributed by atoms with van der Waals surface area (Å²) < 4.78 is 2.17. The van der Waals surface area contributed by atoms with Crippen molar-refractivity contribution in [2.45, 2.75) is 45.2 Å². The van der Waals surface area contributed by atoms with Gasteiger partial charge in [0.2, 0.25) is 0 Å². The molecular weight excluding hydrogens is 370 g/mol. The van der Waals surface area contributed by atoms with Crippen LogP contribution in [0.2, 0.25) is 0 Å². The minimum atomic E-state index is -0.267. The van der Waals surface area contributed by atoms with Crippen molar-refractivity contribution in [3.63, 3.8) is 0 Å². The lowest BCUT2D eigenvalue weighted by Crippen LogP contribution is -2.41. The van der Waals surface area contributed by atoms with Gasteiger partial charge in [0.05, 0.1) is 0 Å². The summed E-state index contributed by atoms with van der Waals surface area (Å²) in [5.74, 6) is 0.187. The molecule has 0 radical (unpaired) electrons. The van der Waals surface area contributed by atoms with E-state index in [0.717, 1.165) is 42.3 Å². The van der Waals surface area contributed by atoms with E-state index in [1.54, 1.807) is 6.08 Å². The van der Waals surface area contributed by atoms with E-state index in [0.29, 0.717) is 5.92 Å². The first-order valence-electron chi connectivity index (χ1n) is 10.7. The van der Waals surface area contributed by atoms with Gasteiger partial charge in [-0.2, -0.15) is 5.26 Å². The van der Waals surface area contributed by atoms with Gasteiger partial charge < -0.3 is 9.88 Å². The second-order valence-corrected chi connectivity index (χ2v) is 8.23. The Hall–Kier alpha value is -3.32. The standard InChI is InChI=1S/C26H27N3O/c1-19-9-5-7-13-24(19)28-26(30)21(16-27)15-22-18-29(17-20-10-3-2-4-11-20)25-14-8-6-12-23(22)25/h2-4,6,8,10-12,14-15,18-19,24H,5,7,9,13,17H2,1H3,(H,28,30). The van der Waals surface area contributed by atoms with Crippen LogP contribution in [0.15, 0.2) is 66.4 Å². The first kappa shape index (κ1) is 20.0. The minimum absolute atomic E-state index is 0.155. The number of nitriles is 1. The highest BCUT2D eigenvalue weighted by Crippen LogP contribution is 2.26. The Labute approximate surface area is 177 Å². The van der Waals surface area contributed by atoms with E-state index in [-0.39, 0.29) is 17.5 Å². The molecule has 1 aliphatic rings. The highest BCUT2D eigenvalue weighted by Gasteiger charge is 2.24. The highest BCUT2D eigenvalue weighted by atomic mass is 16.1. The van der Waals surface area contributed by atoms with Gasteiger partial charge in [-0.15, -0.1) is 0 Å². The molecule has 2 aromatic carbocycles. The fraction of sp³-hybridized carbons (Fsp3) is 0.308.